The van der Waals surface area contributed by atoms with Crippen molar-refractivity contribution in [1.82, 2.24) is 20.4 Å². The fourth-order valence-corrected chi connectivity index (χ4v) is 3.35. The van der Waals surface area contributed by atoms with E-state index in [0.29, 0.717) is 12.3 Å². The molecule has 0 aromatic rings. The van der Waals surface area contributed by atoms with Gasteiger partial charge in [-0.3, -0.25) is 9.59 Å². The highest BCUT2D eigenvalue weighted by Gasteiger charge is 2.23. The van der Waals surface area contributed by atoms with E-state index in [1.54, 1.807) is 7.05 Å². The third-order valence-electron chi connectivity index (χ3n) is 4.82. The lowest BCUT2D eigenvalue weighted by Gasteiger charge is -2.34. The number of rotatable bonds is 5. The van der Waals surface area contributed by atoms with Crippen molar-refractivity contribution in [3.8, 4) is 0 Å². The van der Waals surface area contributed by atoms with Gasteiger partial charge in [-0.05, 0) is 38.5 Å². The first-order valence-electron chi connectivity index (χ1n) is 9.15. The molecule has 0 atom stereocenters. The Bertz CT molecular complexity index is 452. The maximum Gasteiger partial charge on any atom is 0.244 e. The zero-order chi connectivity index (χ0) is 17.4. The van der Waals surface area contributed by atoms with E-state index in [-0.39, 0.29) is 18.4 Å². The van der Waals surface area contributed by atoms with Crippen molar-refractivity contribution in [3.05, 3.63) is 0 Å². The maximum absolute atomic E-state index is 12.2. The van der Waals surface area contributed by atoms with E-state index in [4.69, 9.17) is 0 Å². The topological polar surface area (TPSA) is 77.0 Å². The summed E-state index contributed by atoms with van der Waals surface area (Å²) in [5, 5.41) is 5.99. The van der Waals surface area contributed by atoms with Crippen molar-refractivity contribution < 1.29 is 9.59 Å². The van der Waals surface area contributed by atoms with Crippen LogP contribution in [0.2, 0.25) is 0 Å². The largest absolute Gasteiger partial charge is 0.359 e. The van der Waals surface area contributed by atoms with Crippen LogP contribution >= 0.6 is 0 Å². The minimum atomic E-state index is 0.116. The molecule has 0 aliphatic carbocycles. The predicted molar refractivity (Wildman–Crippen MR) is 94.8 cm³/mol. The van der Waals surface area contributed by atoms with Gasteiger partial charge in [-0.15, -0.1) is 0 Å². The van der Waals surface area contributed by atoms with Gasteiger partial charge in [-0.2, -0.15) is 0 Å². The molecule has 7 nitrogen and oxygen atoms in total. The summed E-state index contributed by atoms with van der Waals surface area (Å²) in [5.74, 6) is 1.50. The SMILES string of the molecule is CCNC(=NCC(=O)N1CCCC1)N1CCC(CC(=O)NC)CC1. The third-order valence-corrected chi connectivity index (χ3v) is 4.82. The Morgan fingerprint density at radius 3 is 2.33 bits per heavy atom. The molecule has 0 unspecified atom stereocenters. The Kier molecular flexibility index (Phi) is 7.34. The normalized spacial score (nSPS) is 19.5. The summed E-state index contributed by atoms with van der Waals surface area (Å²) >= 11 is 0. The van der Waals surface area contributed by atoms with Crippen LogP contribution in [0.1, 0.15) is 39.0 Å². The monoisotopic (exact) mass is 337 g/mol. The molecular weight excluding hydrogens is 306 g/mol. The lowest BCUT2D eigenvalue weighted by Crippen LogP contribution is -2.46. The van der Waals surface area contributed by atoms with E-state index in [2.05, 4.69) is 20.5 Å². The number of guanidine groups is 1. The molecule has 0 radical (unpaired) electrons. The lowest BCUT2D eigenvalue weighted by molar-refractivity contribution is -0.128. The molecule has 0 bridgehead atoms. The van der Waals surface area contributed by atoms with Crippen molar-refractivity contribution in [3.63, 3.8) is 0 Å². The van der Waals surface area contributed by atoms with Crippen LogP contribution in [-0.2, 0) is 9.59 Å². The smallest absolute Gasteiger partial charge is 0.244 e. The van der Waals surface area contributed by atoms with Crippen LogP contribution in [0, 0.1) is 5.92 Å². The van der Waals surface area contributed by atoms with Crippen LogP contribution in [0.5, 0.6) is 0 Å². The Balaban J connectivity index is 1.85. The summed E-state index contributed by atoms with van der Waals surface area (Å²) in [7, 11) is 1.69. The highest BCUT2D eigenvalue weighted by atomic mass is 16.2. The summed E-state index contributed by atoms with van der Waals surface area (Å²) in [5.41, 5.74) is 0. The van der Waals surface area contributed by atoms with Crippen LogP contribution in [-0.4, -0.2) is 73.9 Å². The average molecular weight is 337 g/mol. The van der Waals surface area contributed by atoms with Gasteiger partial charge < -0.3 is 20.4 Å². The molecular formula is C17H31N5O2. The fraction of sp³-hybridized carbons (Fsp3) is 0.824. The third kappa shape index (κ3) is 5.39. The van der Waals surface area contributed by atoms with Crippen LogP contribution in [0.3, 0.4) is 0 Å². The molecule has 0 spiro atoms. The number of hydrogen-bond acceptors (Lipinski definition) is 3. The van der Waals surface area contributed by atoms with Crippen LogP contribution in [0.25, 0.3) is 0 Å². The summed E-state index contributed by atoms with van der Waals surface area (Å²) in [6, 6.07) is 0. The van der Waals surface area contributed by atoms with Gasteiger partial charge in [0.1, 0.15) is 6.54 Å². The van der Waals surface area contributed by atoms with Crippen molar-refractivity contribution >= 4 is 17.8 Å². The summed E-state index contributed by atoms with van der Waals surface area (Å²) in [4.78, 5) is 32.3. The Morgan fingerprint density at radius 1 is 1.08 bits per heavy atom. The number of nitrogens with one attached hydrogen (secondary N) is 2. The first kappa shape index (κ1) is 18.5. The van der Waals surface area contributed by atoms with Gasteiger partial charge >= 0.3 is 0 Å². The van der Waals surface area contributed by atoms with Crippen LogP contribution in [0.15, 0.2) is 4.99 Å². The zero-order valence-corrected chi connectivity index (χ0v) is 15.0. The molecule has 0 aromatic heterocycles. The lowest BCUT2D eigenvalue weighted by atomic mass is 9.93. The van der Waals surface area contributed by atoms with Gasteiger partial charge in [-0.1, -0.05) is 0 Å². The number of piperidine rings is 1. The van der Waals surface area contributed by atoms with E-state index in [9.17, 15) is 9.59 Å². The highest BCUT2D eigenvalue weighted by molar-refractivity contribution is 5.85. The van der Waals surface area contributed by atoms with Crippen molar-refractivity contribution in [2.75, 3.05) is 46.3 Å². The number of hydrogen-bond donors (Lipinski definition) is 2. The molecule has 2 fully saturated rings. The number of nitrogens with zero attached hydrogens (tertiary/aromatic N) is 3. The second-order valence-corrected chi connectivity index (χ2v) is 6.57. The van der Waals surface area contributed by atoms with Gasteiger partial charge in [0.2, 0.25) is 11.8 Å². The second kappa shape index (κ2) is 9.49. The fourth-order valence-electron chi connectivity index (χ4n) is 3.35. The van der Waals surface area contributed by atoms with Gasteiger partial charge in [0.05, 0.1) is 0 Å². The molecule has 2 amide bonds. The Morgan fingerprint density at radius 2 is 1.75 bits per heavy atom. The number of likely N-dealkylation sites (tertiary alicyclic amines) is 2. The molecule has 2 heterocycles. The van der Waals surface area contributed by atoms with Gasteiger partial charge in [0.15, 0.2) is 5.96 Å². The van der Waals surface area contributed by atoms with Gasteiger partial charge in [-0.25, -0.2) is 4.99 Å². The summed E-state index contributed by atoms with van der Waals surface area (Å²) in [6.07, 6.45) is 4.78. The first-order valence-corrected chi connectivity index (χ1v) is 9.15. The molecule has 2 saturated heterocycles. The minimum absolute atomic E-state index is 0.116. The Labute approximate surface area is 144 Å². The standard InChI is InChI=1S/C17H31N5O2/c1-3-19-17(20-13-16(24)21-8-4-5-9-21)22-10-6-14(7-11-22)12-15(23)18-2/h14H,3-13H2,1-2H3,(H,18,23)(H,19,20). The molecule has 0 aromatic carbocycles. The maximum atomic E-state index is 12.2. The number of aliphatic imine (C=N–C) groups is 1. The number of carbonyl (C=O) groups is 2. The summed E-state index contributed by atoms with van der Waals surface area (Å²) < 4.78 is 0. The zero-order valence-electron chi connectivity index (χ0n) is 15.0. The molecule has 2 rings (SSSR count). The number of amides is 2. The van der Waals surface area contributed by atoms with E-state index >= 15 is 0 Å². The van der Waals surface area contributed by atoms with Gasteiger partial charge in [0, 0.05) is 46.2 Å². The number of carbonyl (C=O) groups excluding carboxylic acids is 2. The van der Waals surface area contributed by atoms with Crippen LogP contribution in [0.4, 0.5) is 0 Å². The van der Waals surface area contributed by atoms with E-state index in [1.807, 2.05) is 11.8 Å². The van der Waals surface area contributed by atoms with E-state index in [1.165, 1.54) is 0 Å². The second-order valence-electron chi connectivity index (χ2n) is 6.57. The first-order chi connectivity index (χ1) is 11.6. The van der Waals surface area contributed by atoms with Crippen molar-refractivity contribution in [2.24, 2.45) is 10.9 Å². The van der Waals surface area contributed by atoms with Crippen LogP contribution < -0.4 is 10.6 Å². The average Bonchev–Trinajstić information content (AvgIpc) is 3.13. The summed E-state index contributed by atoms with van der Waals surface area (Å²) in [6.45, 7) is 6.55. The molecule has 7 heteroatoms. The van der Waals surface area contributed by atoms with Crippen molar-refractivity contribution in [1.29, 1.82) is 0 Å². The molecule has 136 valence electrons. The molecule has 2 aliphatic heterocycles. The van der Waals surface area contributed by atoms with Crippen molar-refractivity contribution in [2.45, 2.75) is 39.0 Å². The van der Waals surface area contributed by atoms with E-state index in [0.717, 1.165) is 64.4 Å². The highest BCUT2D eigenvalue weighted by Crippen LogP contribution is 2.20. The molecule has 24 heavy (non-hydrogen) atoms. The predicted octanol–water partition coefficient (Wildman–Crippen LogP) is 0.422. The van der Waals surface area contributed by atoms with Gasteiger partial charge in [0.25, 0.3) is 0 Å². The van der Waals surface area contributed by atoms with E-state index < -0.39 is 0 Å². The minimum Gasteiger partial charge on any atom is -0.359 e. The Hall–Kier alpha value is -1.79. The molecule has 2 aliphatic rings. The quantitative estimate of drug-likeness (QED) is 0.563. The molecule has 0 saturated carbocycles. The molecule has 2 N–H and O–H groups in total.